The summed E-state index contributed by atoms with van der Waals surface area (Å²) in [5.41, 5.74) is 10.6. The number of H-pyrrole nitrogens is 1. The molecular formula is C36H37F2N5O4S. The van der Waals surface area contributed by atoms with Crippen molar-refractivity contribution in [2.75, 3.05) is 6.54 Å². The van der Waals surface area contributed by atoms with Crippen LogP contribution >= 0.6 is 11.8 Å². The minimum absolute atomic E-state index is 0.141. The average Bonchev–Trinajstić information content (AvgIpc) is 3.63. The number of ether oxygens (including phenoxy) is 1. The number of halogens is 2. The maximum absolute atomic E-state index is 13.5. The first-order valence-corrected chi connectivity index (χ1v) is 16.2. The summed E-state index contributed by atoms with van der Waals surface area (Å²) in [6, 6.07) is 23.9. The summed E-state index contributed by atoms with van der Waals surface area (Å²) in [6.07, 6.45) is 4.83. The molecule has 0 fully saturated rings. The number of esters is 1. The Morgan fingerprint density at radius 3 is 2.35 bits per heavy atom. The number of thioether (sulfide) groups is 1. The highest BCUT2D eigenvalue weighted by molar-refractivity contribution is 7.98. The number of hydrogen-bond acceptors (Lipinski definition) is 8. The monoisotopic (exact) mass is 673 g/mol. The van der Waals surface area contributed by atoms with Crippen LogP contribution in [0.3, 0.4) is 0 Å². The number of carboxylic acids is 1. The van der Waals surface area contributed by atoms with Gasteiger partial charge in [-0.2, -0.15) is 5.10 Å². The summed E-state index contributed by atoms with van der Waals surface area (Å²) in [5.74, 6) is -2.09. The van der Waals surface area contributed by atoms with Crippen molar-refractivity contribution in [2.24, 2.45) is 5.73 Å². The van der Waals surface area contributed by atoms with Crippen LogP contribution in [0.4, 0.5) is 8.78 Å². The Kier molecular flexibility index (Phi) is 13.8. The highest BCUT2D eigenvalue weighted by Gasteiger charge is 2.24. The fraction of sp³-hybridized carbons (Fsp3) is 0.222. The fourth-order valence-corrected chi connectivity index (χ4v) is 5.53. The normalized spacial score (nSPS) is 12.0. The standard InChI is InChI=1S/C23H26F2N4O2.C13H11NO2S/c1-2-15-4-3-5-16(8-15)13-27-14-22(31-23(30)21-6-7-28-29-21)20(26)11-17-9-18(24)12-19(25)10-17;15-13(16)11-6-12(8-14-7-11)17-9-10-4-2-1-3-5-10/h3-10,12,20,22,27H,2,11,13-14,26H2,1H3,(H,28,29);1-8H,9H2,(H,15,16)/t20-,22+;/m0./s1. The Balaban J connectivity index is 0.000000257. The Labute approximate surface area is 282 Å². The zero-order valence-corrected chi connectivity index (χ0v) is 27.1. The van der Waals surface area contributed by atoms with E-state index in [-0.39, 0.29) is 24.2 Å². The van der Waals surface area contributed by atoms with E-state index in [4.69, 9.17) is 15.6 Å². The Morgan fingerprint density at radius 2 is 1.67 bits per heavy atom. The zero-order chi connectivity index (χ0) is 34.3. The van der Waals surface area contributed by atoms with Gasteiger partial charge in [0, 0.05) is 54.4 Å². The van der Waals surface area contributed by atoms with E-state index in [1.54, 1.807) is 24.0 Å². The predicted octanol–water partition coefficient (Wildman–Crippen LogP) is 6.21. The second-order valence-electron chi connectivity index (χ2n) is 10.9. The molecule has 2 heterocycles. The number of carboxylic acid groups (broad SMARTS) is 1. The number of nitrogens with one attached hydrogen (secondary N) is 2. The van der Waals surface area contributed by atoms with Crippen molar-refractivity contribution in [3.63, 3.8) is 0 Å². The number of nitrogens with zero attached hydrogens (tertiary/aromatic N) is 2. The van der Waals surface area contributed by atoms with E-state index in [1.165, 1.54) is 41.7 Å². The Hall–Kier alpha value is -4.91. The molecule has 0 unspecified atom stereocenters. The van der Waals surface area contributed by atoms with Gasteiger partial charge in [0.2, 0.25) is 0 Å². The topological polar surface area (TPSA) is 143 Å². The average molecular weight is 674 g/mol. The summed E-state index contributed by atoms with van der Waals surface area (Å²) in [7, 11) is 0. The third-order valence-corrected chi connectivity index (χ3v) is 8.17. The van der Waals surface area contributed by atoms with Gasteiger partial charge in [-0.3, -0.25) is 10.1 Å². The molecule has 5 aromatic rings. The molecule has 0 aliphatic heterocycles. The van der Waals surface area contributed by atoms with Crippen molar-refractivity contribution in [2.45, 2.75) is 49.1 Å². The quantitative estimate of drug-likeness (QED) is 0.0800. The number of pyridine rings is 1. The molecule has 5 N–H and O–H groups in total. The Morgan fingerprint density at radius 1 is 0.938 bits per heavy atom. The minimum Gasteiger partial charge on any atom is -0.478 e. The third-order valence-electron chi connectivity index (χ3n) is 7.13. The molecule has 12 heteroatoms. The lowest BCUT2D eigenvalue weighted by molar-refractivity contribution is 0.0231. The van der Waals surface area contributed by atoms with Gasteiger partial charge in [-0.1, -0.05) is 61.5 Å². The number of aryl methyl sites for hydroxylation is 1. The van der Waals surface area contributed by atoms with Crippen LogP contribution in [-0.2, 0) is 29.9 Å². The van der Waals surface area contributed by atoms with E-state index < -0.39 is 35.7 Å². The van der Waals surface area contributed by atoms with Crippen LogP contribution in [0.25, 0.3) is 0 Å². The van der Waals surface area contributed by atoms with Gasteiger partial charge in [0.25, 0.3) is 0 Å². The van der Waals surface area contributed by atoms with Gasteiger partial charge >= 0.3 is 11.9 Å². The van der Waals surface area contributed by atoms with Crippen molar-refractivity contribution in [1.82, 2.24) is 20.5 Å². The lowest BCUT2D eigenvalue weighted by atomic mass is 10.0. The zero-order valence-electron chi connectivity index (χ0n) is 26.3. The molecule has 0 spiro atoms. The fourth-order valence-electron chi connectivity index (χ4n) is 4.66. The van der Waals surface area contributed by atoms with Crippen LogP contribution in [0, 0.1) is 11.6 Å². The molecule has 0 saturated heterocycles. The molecule has 0 aliphatic carbocycles. The van der Waals surface area contributed by atoms with E-state index in [2.05, 4.69) is 39.6 Å². The van der Waals surface area contributed by atoms with Gasteiger partial charge in [0.1, 0.15) is 23.4 Å². The summed E-state index contributed by atoms with van der Waals surface area (Å²) in [5, 5.41) is 18.4. The first kappa shape index (κ1) is 35.9. The number of carbonyl (C=O) groups excluding carboxylic acids is 1. The molecule has 0 bridgehead atoms. The van der Waals surface area contributed by atoms with Gasteiger partial charge in [-0.05, 0) is 59.4 Å². The van der Waals surface area contributed by atoms with Gasteiger partial charge in [0.15, 0.2) is 0 Å². The molecule has 0 radical (unpaired) electrons. The highest BCUT2D eigenvalue weighted by Crippen LogP contribution is 2.22. The summed E-state index contributed by atoms with van der Waals surface area (Å²) in [6.45, 7) is 2.92. The predicted molar refractivity (Wildman–Crippen MR) is 181 cm³/mol. The molecule has 9 nitrogen and oxygen atoms in total. The van der Waals surface area contributed by atoms with Crippen molar-refractivity contribution in [1.29, 1.82) is 0 Å². The second kappa shape index (κ2) is 18.4. The molecule has 0 aliphatic rings. The van der Waals surface area contributed by atoms with Crippen LogP contribution in [0.5, 0.6) is 0 Å². The van der Waals surface area contributed by atoms with Crippen molar-refractivity contribution in [3.05, 3.63) is 149 Å². The number of rotatable bonds is 14. The lowest BCUT2D eigenvalue weighted by Crippen LogP contribution is -2.46. The van der Waals surface area contributed by atoms with Gasteiger partial charge in [-0.15, -0.1) is 11.8 Å². The number of hydrogen-bond donors (Lipinski definition) is 4. The van der Waals surface area contributed by atoms with Crippen LogP contribution in [-0.4, -0.2) is 50.9 Å². The lowest BCUT2D eigenvalue weighted by Gasteiger charge is -2.24. The smallest absolute Gasteiger partial charge is 0.356 e. The molecule has 5 rings (SSSR count). The van der Waals surface area contributed by atoms with Crippen LogP contribution in [0.1, 0.15) is 50.0 Å². The van der Waals surface area contributed by atoms with Crippen molar-refractivity contribution >= 4 is 23.7 Å². The number of aromatic nitrogens is 3. The molecule has 48 heavy (non-hydrogen) atoms. The van der Waals surface area contributed by atoms with Crippen LogP contribution in [0.2, 0.25) is 0 Å². The highest BCUT2D eigenvalue weighted by atomic mass is 32.2. The first-order chi connectivity index (χ1) is 23.2. The van der Waals surface area contributed by atoms with E-state index in [9.17, 15) is 18.4 Å². The van der Waals surface area contributed by atoms with E-state index >= 15 is 0 Å². The SMILES string of the molecule is CCc1cccc(CNC[C@@H](OC(=O)c2ccn[nH]2)[C@@H](N)Cc2cc(F)cc(F)c2)c1.O=C(O)c1cncc(SCc2ccccc2)c1. The van der Waals surface area contributed by atoms with Gasteiger partial charge < -0.3 is 20.9 Å². The summed E-state index contributed by atoms with van der Waals surface area (Å²) < 4.78 is 32.7. The molecule has 250 valence electrons. The van der Waals surface area contributed by atoms with Gasteiger partial charge in [-0.25, -0.2) is 18.4 Å². The van der Waals surface area contributed by atoms with Crippen LogP contribution in [0.15, 0.2) is 108 Å². The summed E-state index contributed by atoms with van der Waals surface area (Å²) >= 11 is 1.58. The van der Waals surface area contributed by atoms with Crippen LogP contribution < -0.4 is 11.1 Å². The molecular weight excluding hydrogens is 636 g/mol. The minimum atomic E-state index is -0.945. The molecule has 2 aromatic heterocycles. The molecule has 0 amide bonds. The van der Waals surface area contributed by atoms with Crippen molar-refractivity contribution < 1.29 is 28.2 Å². The largest absolute Gasteiger partial charge is 0.478 e. The van der Waals surface area contributed by atoms with Gasteiger partial charge in [0.05, 0.1) is 5.56 Å². The number of benzene rings is 3. The number of carbonyl (C=O) groups is 2. The summed E-state index contributed by atoms with van der Waals surface area (Å²) in [4.78, 5) is 28.0. The van der Waals surface area contributed by atoms with Crippen molar-refractivity contribution in [3.8, 4) is 0 Å². The maximum Gasteiger partial charge on any atom is 0.356 e. The number of aromatic carboxylic acids is 1. The second-order valence-corrected chi connectivity index (χ2v) is 11.9. The molecule has 2 atom stereocenters. The number of nitrogens with two attached hydrogens (primary N) is 1. The number of aromatic amines is 1. The first-order valence-electron chi connectivity index (χ1n) is 15.2. The Bertz CT molecular complexity index is 1740. The van der Waals surface area contributed by atoms with E-state index in [0.29, 0.717) is 12.1 Å². The maximum atomic E-state index is 13.5. The van der Waals surface area contributed by atoms with E-state index in [1.807, 2.05) is 42.5 Å². The van der Waals surface area contributed by atoms with E-state index in [0.717, 1.165) is 28.7 Å². The third kappa shape index (κ3) is 11.7. The molecule has 3 aromatic carbocycles. The molecule has 0 saturated carbocycles.